The number of halogens is 1. The van der Waals surface area contributed by atoms with Crippen molar-refractivity contribution in [3.63, 3.8) is 0 Å². The Morgan fingerprint density at radius 1 is 1.19 bits per heavy atom. The smallest absolute Gasteiger partial charge is 0.224 e. The van der Waals surface area contributed by atoms with E-state index >= 15 is 0 Å². The zero-order valence-electron chi connectivity index (χ0n) is 15.5. The lowest BCUT2D eigenvalue weighted by Crippen LogP contribution is -2.43. The van der Waals surface area contributed by atoms with E-state index in [4.69, 9.17) is 16.3 Å². The molecule has 1 unspecified atom stereocenters. The number of amides is 1. The molecule has 6 heteroatoms. The van der Waals surface area contributed by atoms with E-state index in [0.717, 1.165) is 88.9 Å². The molecular formula is C20H30ClN3O2. The second kappa shape index (κ2) is 10.3. The number of carbonyl (C=O) groups excluding carboxylic acids is 1. The predicted molar refractivity (Wildman–Crippen MR) is 104 cm³/mol. The van der Waals surface area contributed by atoms with E-state index in [1.807, 2.05) is 18.2 Å². The van der Waals surface area contributed by atoms with Crippen LogP contribution in [0.4, 0.5) is 0 Å². The lowest BCUT2D eigenvalue weighted by molar-refractivity contribution is -0.126. The number of piperidine rings is 1. The summed E-state index contributed by atoms with van der Waals surface area (Å²) in [5.74, 6) is 0.297. The van der Waals surface area contributed by atoms with Crippen LogP contribution in [0.1, 0.15) is 24.8 Å². The molecule has 0 radical (unpaired) electrons. The lowest BCUT2D eigenvalue weighted by atomic mass is 9.96. The van der Waals surface area contributed by atoms with E-state index in [-0.39, 0.29) is 11.8 Å². The minimum absolute atomic E-state index is 0.0922. The van der Waals surface area contributed by atoms with Gasteiger partial charge in [0.05, 0.1) is 19.1 Å². The summed E-state index contributed by atoms with van der Waals surface area (Å²) >= 11 is 6.27. The predicted octanol–water partition coefficient (Wildman–Crippen LogP) is 2.39. The summed E-state index contributed by atoms with van der Waals surface area (Å²) in [5.41, 5.74) is 1.14. The molecule has 0 bridgehead atoms. The Morgan fingerprint density at radius 2 is 2.00 bits per heavy atom. The van der Waals surface area contributed by atoms with Crippen molar-refractivity contribution < 1.29 is 9.53 Å². The van der Waals surface area contributed by atoms with Gasteiger partial charge in [-0.1, -0.05) is 29.8 Å². The third-order valence-corrected chi connectivity index (χ3v) is 5.65. The number of carbonyl (C=O) groups is 1. The van der Waals surface area contributed by atoms with Gasteiger partial charge in [0.2, 0.25) is 5.91 Å². The molecule has 2 saturated heterocycles. The molecule has 0 saturated carbocycles. The van der Waals surface area contributed by atoms with Crippen LogP contribution in [0.25, 0.3) is 0 Å². The molecule has 2 heterocycles. The third-order valence-electron chi connectivity index (χ3n) is 5.28. The van der Waals surface area contributed by atoms with Gasteiger partial charge in [-0.3, -0.25) is 14.6 Å². The second-order valence-electron chi connectivity index (χ2n) is 7.26. The fourth-order valence-corrected chi connectivity index (χ4v) is 3.96. The van der Waals surface area contributed by atoms with E-state index in [9.17, 15) is 4.79 Å². The number of benzene rings is 1. The van der Waals surface area contributed by atoms with E-state index in [2.05, 4.69) is 21.2 Å². The first kappa shape index (κ1) is 19.6. The molecule has 1 amide bonds. The number of nitrogens with zero attached hydrogens (tertiary/aromatic N) is 2. The van der Waals surface area contributed by atoms with Crippen LogP contribution in [0.3, 0.4) is 0 Å². The average molecular weight is 380 g/mol. The highest BCUT2D eigenvalue weighted by molar-refractivity contribution is 6.31. The van der Waals surface area contributed by atoms with Crippen molar-refractivity contribution in [2.45, 2.75) is 25.8 Å². The molecule has 2 aliphatic rings. The topological polar surface area (TPSA) is 44.8 Å². The van der Waals surface area contributed by atoms with Crippen molar-refractivity contribution in [3.05, 3.63) is 34.9 Å². The molecule has 3 rings (SSSR count). The van der Waals surface area contributed by atoms with Crippen molar-refractivity contribution in [1.82, 2.24) is 15.1 Å². The van der Waals surface area contributed by atoms with Gasteiger partial charge in [0.25, 0.3) is 0 Å². The molecular weight excluding hydrogens is 350 g/mol. The monoisotopic (exact) mass is 379 g/mol. The normalized spacial score (nSPS) is 22.3. The first-order valence-electron chi connectivity index (χ1n) is 9.76. The van der Waals surface area contributed by atoms with Gasteiger partial charge >= 0.3 is 0 Å². The largest absolute Gasteiger partial charge is 0.379 e. The van der Waals surface area contributed by atoms with Gasteiger partial charge in [-0.05, 0) is 44.0 Å². The number of rotatable bonds is 7. The Balaban J connectivity index is 1.38. The van der Waals surface area contributed by atoms with Gasteiger partial charge in [0.1, 0.15) is 0 Å². The molecule has 1 atom stereocenters. The molecule has 0 aromatic heterocycles. The zero-order chi connectivity index (χ0) is 18.2. The van der Waals surface area contributed by atoms with Crippen molar-refractivity contribution in [2.75, 3.05) is 52.5 Å². The summed E-state index contributed by atoms with van der Waals surface area (Å²) in [5, 5.41) is 3.95. The summed E-state index contributed by atoms with van der Waals surface area (Å²) in [6.07, 6.45) is 3.05. The van der Waals surface area contributed by atoms with Crippen LogP contribution in [0.15, 0.2) is 24.3 Å². The number of likely N-dealkylation sites (tertiary alicyclic amines) is 1. The van der Waals surface area contributed by atoms with E-state index in [0.29, 0.717) is 0 Å². The van der Waals surface area contributed by atoms with Crippen LogP contribution in [0, 0.1) is 5.92 Å². The highest BCUT2D eigenvalue weighted by Crippen LogP contribution is 2.22. The van der Waals surface area contributed by atoms with Crippen molar-refractivity contribution in [3.8, 4) is 0 Å². The van der Waals surface area contributed by atoms with Gasteiger partial charge in [0.15, 0.2) is 0 Å². The van der Waals surface area contributed by atoms with Crippen LogP contribution in [0.5, 0.6) is 0 Å². The van der Waals surface area contributed by atoms with Crippen molar-refractivity contribution in [2.24, 2.45) is 5.92 Å². The van der Waals surface area contributed by atoms with Gasteiger partial charge in [-0.25, -0.2) is 0 Å². The molecule has 0 spiro atoms. The summed E-state index contributed by atoms with van der Waals surface area (Å²) in [6.45, 7) is 8.14. The molecule has 1 aromatic carbocycles. The number of hydrogen-bond acceptors (Lipinski definition) is 4. The number of hydrogen-bond donors (Lipinski definition) is 1. The summed E-state index contributed by atoms with van der Waals surface area (Å²) < 4.78 is 5.36. The summed E-state index contributed by atoms with van der Waals surface area (Å²) in [6, 6.07) is 7.97. The van der Waals surface area contributed by atoms with Crippen LogP contribution in [-0.4, -0.2) is 68.2 Å². The zero-order valence-corrected chi connectivity index (χ0v) is 16.2. The van der Waals surface area contributed by atoms with Gasteiger partial charge in [-0.2, -0.15) is 0 Å². The Labute approximate surface area is 161 Å². The fraction of sp³-hybridized carbons (Fsp3) is 0.650. The number of morpholine rings is 1. The molecule has 1 aromatic rings. The minimum atomic E-state index is 0.0922. The van der Waals surface area contributed by atoms with E-state index in [1.165, 1.54) is 0 Å². The van der Waals surface area contributed by atoms with Crippen LogP contribution in [-0.2, 0) is 16.1 Å². The first-order chi connectivity index (χ1) is 12.7. The minimum Gasteiger partial charge on any atom is -0.379 e. The first-order valence-corrected chi connectivity index (χ1v) is 10.1. The lowest BCUT2D eigenvalue weighted by Gasteiger charge is -2.32. The highest BCUT2D eigenvalue weighted by atomic mass is 35.5. The fourth-order valence-electron chi connectivity index (χ4n) is 3.76. The van der Waals surface area contributed by atoms with Gasteiger partial charge in [0, 0.05) is 37.7 Å². The maximum Gasteiger partial charge on any atom is 0.224 e. The molecule has 2 fully saturated rings. The Morgan fingerprint density at radius 3 is 2.81 bits per heavy atom. The summed E-state index contributed by atoms with van der Waals surface area (Å²) in [7, 11) is 0. The molecule has 0 aliphatic carbocycles. The summed E-state index contributed by atoms with van der Waals surface area (Å²) in [4.78, 5) is 17.3. The molecule has 144 valence electrons. The quantitative estimate of drug-likeness (QED) is 0.739. The highest BCUT2D eigenvalue weighted by Gasteiger charge is 2.25. The van der Waals surface area contributed by atoms with Crippen LogP contribution >= 0.6 is 11.6 Å². The van der Waals surface area contributed by atoms with E-state index < -0.39 is 0 Å². The Bertz CT molecular complexity index is 578. The van der Waals surface area contributed by atoms with Crippen molar-refractivity contribution >= 4 is 17.5 Å². The Kier molecular flexibility index (Phi) is 7.74. The molecule has 2 aliphatic heterocycles. The maximum atomic E-state index is 12.5. The molecule has 1 N–H and O–H groups in total. The standard InChI is InChI=1S/C20H30ClN3O2/c21-19-7-2-1-5-17(19)15-24-9-3-6-18(16-24)20(25)22-8-4-10-23-11-13-26-14-12-23/h1-2,5,7,18H,3-4,6,8-16H2,(H,22,25). The third kappa shape index (κ3) is 5.95. The number of nitrogens with one attached hydrogen (secondary N) is 1. The Hall–Kier alpha value is -1.14. The molecule has 26 heavy (non-hydrogen) atoms. The molecule has 5 nitrogen and oxygen atoms in total. The SMILES string of the molecule is O=C(NCCCN1CCOCC1)C1CCCN(Cc2ccccc2Cl)C1. The van der Waals surface area contributed by atoms with Gasteiger partial charge < -0.3 is 10.1 Å². The maximum absolute atomic E-state index is 12.5. The second-order valence-corrected chi connectivity index (χ2v) is 7.67. The van der Waals surface area contributed by atoms with Crippen LogP contribution < -0.4 is 5.32 Å². The average Bonchev–Trinajstić information content (AvgIpc) is 2.68. The van der Waals surface area contributed by atoms with Gasteiger partial charge in [-0.15, -0.1) is 0 Å². The van der Waals surface area contributed by atoms with Crippen molar-refractivity contribution in [1.29, 1.82) is 0 Å². The van der Waals surface area contributed by atoms with Crippen LogP contribution in [0.2, 0.25) is 5.02 Å². The number of ether oxygens (including phenoxy) is 1. The van der Waals surface area contributed by atoms with E-state index in [1.54, 1.807) is 0 Å².